The Morgan fingerprint density at radius 2 is 1.48 bits per heavy atom. The normalized spacial score (nSPS) is 11.3. The first kappa shape index (κ1) is 19.1. The van der Waals surface area contributed by atoms with E-state index >= 15 is 0 Å². The van der Waals surface area contributed by atoms with Crippen LogP contribution in [0.4, 0.5) is 5.69 Å². The standard InChI is InChI=1S/C23H21BrN2O/c1-2-23(27)26(22-16-10-9-15-20(22)24)25-21(19-13-7-4-8-14-19)17-18-11-5-3-6-12-18/h3-16H,2,17H2,1H3. The Balaban J connectivity index is 2.08. The summed E-state index contributed by atoms with van der Waals surface area (Å²) >= 11 is 3.54. The average molecular weight is 421 g/mol. The van der Waals surface area contributed by atoms with Crippen molar-refractivity contribution < 1.29 is 4.79 Å². The number of anilines is 1. The third kappa shape index (κ3) is 4.92. The molecule has 0 aliphatic heterocycles. The maximum atomic E-state index is 12.7. The first-order chi connectivity index (χ1) is 13.2. The summed E-state index contributed by atoms with van der Waals surface area (Å²) in [5.41, 5.74) is 3.74. The van der Waals surface area contributed by atoms with E-state index in [-0.39, 0.29) is 5.91 Å². The fourth-order valence-corrected chi connectivity index (χ4v) is 3.21. The second kappa shape index (κ2) is 9.28. The quantitative estimate of drug-likeness (QED) is 0.364. The van der Waals surface area contributed by atoms with Crippen molar-refractivity contribution in [1.29, 1.82) is 0 Å². The lowest BCUT2D eigenvalue weighted by Crippen LogP contribution is -2.27. The number of para-hydroxylation sites is 1. The first-order valence-electron chi connectivity index (χ1n) is 8.93. The van der Waals surface area contributed by atoms with Gasteiger partial charge in [-0.1, -0.05) is 79.7 Å². The van der Waals surface area contributed by atoms with E-state index in [9.17, 15) is 4.79 Å². The molecule has 0 radical (unpaired) electrons. The van der Waals surface area contributed by atoms with Crippen LogP contribution in [-0.2, 0) is 11.2 Å². The summed E-state index contributed by atoms with van der Waals surface area (Å²) < 4.78 is 0.836. The third-order valence-electron chi connectivity index (χ3n) is 4.16. The van der Waals surface area contributed by atoms with Gasteiger partial charge in [0.1, 0.15) is 0 Å². The van der Waals surface area contributed by atoms with Gasteiger partial charge < -0.3 is 0 Å². The van der Waals surface area contributed by atoms with Crippen LogP contribution < -0.4 is 5.01 Å². The Kier molecular flexibility index (Phi) is 6.55. The van der Waals surface area contributed by atoms with Gasteiger partial charge in [-0.3, -0.25) is 4.79 Å². The second-order valence-electron chi connectivity index (χ2n) is 6.09. The van der Waals surface area contributed by atoms with E-state index in [0.29, 0.717) is 12.8 Å². The Bertz CT molecular complexity index is 923. The third-order valence-corrected chi connectivity index (χ3v) is 4.83. The van der Waals surface area contributed by atoms with E-state index in [1.54, 1.807) is 0 Å². The van der Waals surface area contributed by atoms with Crippen LogP contribution in [0.25, 0.3) is 0 Å². The van der Waals surface area contributed by atoms with E-state index in [1.165, 1.54) is 5.01 Å². The number of carbonyl (C=O) groups is 1. The van der Waals surface area contributed by atoms with Crippen molar-refractivity contribution in [3.05, 3.63) is 101 Å². The molecule has 0 heterocycles. The van der Waals surface area contributed by atoms with Crippen molar-refractivity contribution in [3.63, 3.8) is 0 Å². The van der Waals surface area contributed by atoms with Gasteiger partial charge in [-0.15, -0.1) is 0 Å². The van der Waals surface area contributed by atoms with Crippen LogP contribution in [-0.4, -0.2) is 11.6 Å². The van der Waals surface area contributed by atoms with Gasteiger partial charge in [0.05, 0.1) is 11.4 Å². The molecule has 0 unspecified atom stereocenters. The minimum absolute atomic E-state index is 0.0524. The number of benzene rings is 3. The molecule has 0 atom stereocenters. The van der Waals surface area contributed by atoms with E-state index in [1.807, 2.05) is 79.7 Å². The lowest BCUT2D eigenvalue weighted by atomic mass is 10.0. The Labute approximate surface area is 168 Å². The maximum Gasteiger partial charge on any atom is 0.247 e. The predicted molar refractivity (Wildman–Crippen MR) is 115 cm³/mol. The molecular formula is C23H21BrN2O. The summed E-state index contributed by atoms with van der Waals surface area (Å²) in [5, 5.41) is 6.32. The smallest absolute Gasteiger partial charge is 0.247 e. The second-order valence-corrected chi connectivity index (χ2v) is 6.94. The molecule has 0 saturated heterocycles. The number of hydrogen-bond donors (Lipinski definition) is 0. The summed E-state index contributed by atoms with van der Waals surface area (Å²) in [5.74, 6) is -0.0524. The van der Waals surface area contributed by atoms with Gasteiger partial charge in [-0.25, -0.2) is 0 Å². The molecule has 0 aliphatic rings. The van der Waals surface area contributed by atoms with Crippen LogP contribution in [0.3, 0.4) is 0 Å². The van der Waals surface area contributed by atoms with Gasteiger partial charge in [0.2, 0.25) is 5.91 Å². The summed E-state index contributed by atoms with van der Waals surface area (Å²) in [6, 6.07) is 27.8. The average Bonchev–Trinajstić information content (AvgIpc) is 2.72. The molecule has 0 aromatic heterocycles. The molecule has 27 heavy (non-hydrogen) atoms. The molecular weight excluding hydrogens is 400 g/mol. The fourth-order valence-electron chi connectivity index (χ4n) is 2.75. The van der Waals surface area contributed by atoms with Gasteiger partial charge in [-0.2, -0.15) is 10.1 Å². The van der Waals surface area contributed by atoms with E-state index < -0.39 is 0 Å². The largest absolute Gasteiger partial charge is 0.273 e. The van der Waals surface area contributed by atoms with Crippen LogP contribution in [0, 0.1) is 0 Å². The van der Waals surface area contributed by atoms with Crippen LogP contribution in [0.5, 0.6) is 0 Å². The number of nitrogens with zero attached hydrogens (tertiary/aromatic N) is 2. The molecule has 0 saturated carbocycles. The number of amides is 1. The van der Waals surface area contributed by atoms with Crippen molar-refractivity contribution in [3.8, 4) is 0 Å². The summed E-state index contributed by atoms with van der Waals surface area (Å²) in [6.07, 6.45) is 1.01. The highest BCUT2D eigenvalue weighted by atomic mass is 79.9. The van der Waals surface area contributed by atoms with Crippen molar-refractivity contribution in [2.45, 2.75) is 19.8 Å². The molecule has 0 aliphatic carbocycles. The van der Waals surface area contributed by atoms with Gasteiger partial charge in [0.15, 0.2) is 0 Å². The first-order valence-corrected chi connectivity index (χ1v) is 9.72. The summed E-state index contributed by atoms with van der Waals surface area (Å²) in [7, 11) is 0. The number of hydrogen-bond acceptors (Lipinski definition) is 2. The van der Waals surface area contributed by atoms with Gasteiger partial charge in [-0.05, 0) is 39.2 Å². The SMILES string of the molecule is CCC(=O)N(N=C(Cc1ccccc1)c1ccccc1)c1ccccc1Br. The fraction of sp³-hybridized carbons (Fsp3) is 0.130. The van der Waals surface area contributed by atoms with Crippen molar-refractivity contribution in [1.82, 2.24) is 0 Å². The minimum Gasteiger partial charge on any atom is -0.273 e. The zero-order chi connectivity index (χ0) is 19.1. The zero-order valence-electron chi connectivity index (χ0n) is 15.2. The predicted octanol–water partition coefficient (Wildman–Crippen LogP) is 5.84. The zero-order valence-corrected chi connectivity index (χ0v) is 16.8. The molecule has 0 fully saturated rings. The van der Waals surface area contributed by atoms with Crippen LogP contribution >= 0.6 is 15.9 Å². The molecule has 1 amide bonds. The van der Waals surface area contributed by atoms with E-state index in [2.05, 4.69) is 28.1 Å². The molecule has 4 heteroatoms. The Hall–Kier alpha value is -2.72. The highest BCUT2D eigenvalue weighted by molar-refractivity contribution is 9.10. The summed E-state index contributed by atoms with van der Waals surface area (Å²) in [6.45, 7) is 1.85. The molecule has 3 aromatic carbocycles. The topological polar surface area (TPSA) is 32.7 Å². The highest BCUT2D eigenvalue weighted by Crippen LogP contribution is 2.27. The van der Waals surface area contributed by atoms with Gasteiger partial charge in [0, 0.05) is 17.3 Å². The van der Waals surface area contributed by atoms with Crippen molar-refractivity contribution in [2.24, 2.45) is 5.10 Å². The lowest BCUT2D eigenvalue weighted by molar-refractivity contribution is -0.118. The molecule has 0 bridgehead atoms. The van der Waals surface area contributed by atoms with Crippen molar-refractivity contribution in [2.75, 3.05) is 5.01 Å². The molecule has 0 spiro atoms. The van der Waals surface area contributed by atoms with Crippen LogP contribution in [0.15, 0.2) is 94.5 Å². The molecule has 136 valence electrons. The number of hydrazone groups is 1. The molecule has 3 aromatic rings. The van der Waals surface area contributed by atoms with Gasteiger partial charge >= 0.3 is 0 Å². The van der Waals surface area contributed by atoms with Crippen molar-refractivity contribution >= 4 is 33.2 Å². The maximum absolute atomic E-state index is 12.7. The Morgan fingerprint density at radius 1 is 0.889 bits per heavy atom. The van der Waals surface area contributed by atoms with E-state index in [0.717, 1.165) is 27.0 Å². The number of carbonyl (C=O) groups excluding carboxylic acids is 1. The highest BCUT2D eigenvalue weighted by Gasteiger charge is 2.18. The Morgan fingerprint density at radius 3 is 2.11 bits per heavy atom. The summed E-state index contributed by atoms with van der Waals surface area (Å²) in [4.78, 5) is 12.7. The number of halogens is 1. The monoisotopic (exact) mass is 420 g/mol. The van der Waals surface area contributed by atoms with Gasteiger partial charge in [0.25, 0.3) is 0 Å². The number of rotatable bonds is 6. The van der Waals surface area contributed by atoms with E-state index in [4.69, 9.17) is 5.10 Å². The minimum atomic E-state index is -0.0524. The molecule has 3 nitrogen and oxygen atoms in total. The van der Waals surface area contributed by atoms with Crippen LogP contribution in [0.2, 0.25) is 0 Å². The molecule has 3 rings (SSSR count). The molecule has 0 N–H and O–H groups in total. The van der Waals surface area contributed by atoms with Crippen LogP contribution in [0.1, 0.15) is 24.5 Å². The lowest BCUT2D eigenvalue weighted by Gasteiger charge is -2.20.